The Morgan fingerprint density at radius 2 is 1.55 bits per heavy atom. The summed E-state index contributed by atoms with van der Waals surface area (Å²) in [5.74, 6) is 1.89. The second-order valence-corrected chi connectivity index (χ2v) is 17.2. The number of rotatable bonds is 9. The summed E-state index contributed by atoms with van der Waals surface area (Å²) in [5.41, 5.74) is 6.58. The Labute approximate surface area is 348 Å². The lowest BCUT2D eigenvalue weighted by Gasteiger charge is -2.32. The number of likely N-dealkylation sites (tertiary alicyclic amines) is 2. The van der Waals surface area contributed by atoms with E-state index in [2.05, 4.69) is 63.9 Å². The fraction of sp³-hybridized carbons (Fsp3) is 0.467. The summed E-state index contributed by atoms with van der Waals surface area (Å²) in [7, 11) is 2.59. The Morgan fingerprint density at radius 1 is 0.833 bits per heavy atom. The van der Waals surface area contributed by atoms with Crippen LogP contribution in [0.3, 0.4) is 0 Å². The van der Waals surface area contributed by atoms with Gasteiger partial charge >= 0.3 is 12.2 Å². The molecule has 3 aliphatic heterocycles. The van der Waals surface area contributed by atoms with E-state index in [0.717, 1.165) is 74.8 Å². The van der Waals surface area contributed by atoms with Gasteiger partial charge in [-0.25, -0.2) is 19.6 Å². The molecule has 2 unspecified atom stereocenters. The van der Waals surface area contributed by atoms with Gasteiger partial charge in [-0.15, -0.1) is 0 Å². The number of benzene rings is 3. The Kier molecular flexibility index (Phi) is 10.9. The standard InChI is InChI=1S/C45H54N8O7/c1-22(2)37(50-44(56)58-7)42(54)52-20-24(5)15-35(52)40-46-19-33(48-40)27-10-12-29-28(16-27)21-60-36-18-30-26(17-31(29)36)11-13-32-39(30)49-41(47-32)34-14-9-25(6)53(34)43(55)38(23(3)4)51-45(57)59-8/h10-13,16-19,22-25,34-35,37-38H,9,14-15,20-21H2,1-8H3,(H,46,48)(H,47,49)(H,50,56)(H,51,57)/t24-,25-,34-,35?,37-,38?/m0/s1. The first kappa shape index (κ1) is 40.7. The van der Waals surface area contributed by atoms with Crippen LogP contribution in [0.4, 0.5) is 9.59 Å². The molecule has 316 valence electrons. The predicted octanol–water partition coefficient (Wildman–Crippen LogP) is 7.39. The number of H-pyrrole nitrogens is 2. The summed E-state index contributed by atoms with van der Waals surface area (Å²) in [5, 5.41) is 7.42. The molecule has 8 rings (SSSR count). The molecule has 0 radical (unpaired) electrons. The molecule has 6 atom stereocenters. The predicted molar refractivity (Wildman–Crippen MR) is 226 cm³/mol. The summed E-state index contributed by atoms with van der Waals surface area (Å²) in [6.07, 6.45) is 2.87. The topological polar surface area (TPSA) is 184 Å². The number of amides is 4. The zero-order valence-electron chi connectivity index (χ0n) is 35.4. The van der Waals surface area contributed by atoms with E-state index in [-0.39, 0.29) is 47.7 Å². The zero-order chi connectivity index (χ0) is 42.6. The van der Waals surface area contributed by atoms with E-state index in [1.807, 2.05) is 56.7 Å². The highest BCUT2D eigenvalue weighted by Gasteiger charge is 2.42. The van der Waals surface area contributed by atoms with Crippen molar-refractivity contribution in [1.29, 1.82) is 0 Å². The maximum atomic E-state index is 14.0. The molecule has 2 fully saturated rings. The average molecular weight is 819 g/mol. The largest absolute Gasteiger partial charge is 0.488 e. The molecule has 0 bridgehead atoms. The van der Waals surface area contributed by atoms with Crippen molar-refractivity contribution in [3.8, 4) is 28.1 Å². The van der Waals surface area contributed by atoms with Crippen LogP contribution in [0, 0.1) is 17.8 Å². The van der Waals surface area contributed by atoms with Gasteiger partial charge in [-0.2, -0.15) is 0 Å². The number of ether oxygens (including phenoxy) is 3. The van der Waals surface area contributed by atoms with Gasteiger partial charge in [-0.1, -0.05) is 52.8 Å². The summed E-state index contributed by atoms with van der Waals surface area (Å²) < 4.78 is 16.0. The molecule has 2 saturated heterocycles. The van der Waals surface area contributed by atoms with Gasteiger partial charge in [0.2, 0.25) is 11.8 Å². The Hall–Kier alpha value is -6.12. The third-order valence-corrected chi connectivity index (χ3v) is 12.4. The minimum absolute atomic E-state index is 0.0255. The summed E-state index contributed by atoms with van der Waals surface area (Å²) in [6, 6.07) is 12.7. The molecule has 0 spiro atoms. The van der Waals surface area contributed by atoms with Crippen molar-refractivity contribution in [2.75, 3.05) is 20.8 Å². The van der Waals surface area contributed by atoms with E-state index in [9.17, 15) is 19.2 Å². The second kappa shape index (κ2) is 16.1. The van der Waals surface area contributed by atoms with Gasteiger partial charge in [0.15, 0.2) is 0 Å². The van der Waals surface area contributed by atoms with Crippen LogP contribution in [-0.4, -0.2) is 92.6 Å². The second-order valence-electron chi connectivity index (χ2n) is 17.2. The highest BCUT2D eigenvalue weighted by atomic mass is 16.5. The van der Waals surface area contributed by atoms with Gasteiger partial charge in [0.05, 0.1) is 49.2 Å². The van der Waals surface area contributed by atoms with Crippen molar-refractivity contribution in [3.63, 3.8) is 0 Å². The van der Waals surface area contributed by atoms with Gasteiger partial charge in [-0.05, 0) is 90.3 Å². The molecule has 15 heteroatoms. The number of aromatic amines is 2. The zero-order valence-corrected chi connectivity index (χ0v) is 35.4. The first-order valence-electron chi connectivity index (χ1n) is 20.9. The number of aromatic nitrogens is 4. The summed E-state index contributed by atoms with van der Waals surface area (Å²) in [6.45, 7) is 12.7. The molecule has 3 aromatic carbocycles. The van der Waals surface area contributed by atoms with E-state index in [0.29, 0.717) is 24.8 Å². The minimum atomic E-state index is -0.726. The number of hydrogen-bond acceptors (Lipinski definition) is 9. The lowest BCUT2D eigenvalue weighted by molar-refractivity contribution is -0.137. The Balaban J connectivity index is 1.05. The van der Waals surface area contributed by atoms with Crippen molar-refractivity contribution in [2.24, 2.45) is 17.8 Å². The number of imidazole rings is 2. The van der Waals surface area contributed by atoms with Crippen LogP contribution in [0.2, 0.25) is 0 Å². The van der Waals surface area contributed by atoms with Crippen LogP contribution >= 0.6 is 0 Å². The fourth-order valence-corrected chi connectivity index (χ4v) is 9.19. The molecule has 60 heavy (non-hydrogen) atoms. The fourth-order valence-electron chi connectivity index (χ4n) is 9.19. The molecule has 4 amide bonds. The number of carbonyl (C=O) groups excluding carboxylic acids is 4. The van der Waals surface area contributed by atoms with Crippen LogP contribution < -0.4 is 15.4 Å². The van der Waals surface area contributed by atoms with Gasteiger partial charge in [0, 0.05) is 23.5 Å². The van der Waals surface area contributed by atoms with Gasteiger partial charge in [0.25, 0.3) is 0 Å². The van der Waals surface area contributed by atoms with Crippen LogP contribution in [0.15, 0.2) is 48.7 Å². The van der Waals surface area contributed by atoms with E-state index in [1.54, 1.807) is 0 Å². The molecule has 4 N–H and O–H groups in total. The molecule has 2 aromatic heterocycles. The highest BCUT2D eigenvalue weighted by Crippen LogP contribution is 2.44. The molecule has 15 nitrogen and oxygen atoms in total. The molecular weight excluding hydrogens is 765 g/mol. The van der Waals surface area contributed by atoms with Crippen molar-refractivity contribution in [1.82, 2.24) is 40.4 Å². The van der Waals surface area contributed by atoms with Crippen LogP contribution in [-0.2, 0) is 25.7 Å². The van der Waals surface area contributed by atoms with E-state index in [1.165, 1.54) is 14.2 Å². The lowest BCUT2D eigenvalue weighted by Crippen LogP contribution is -2.52. The summed E-state index contributed by atoms with van der Waals surface area (Å²) >= 11 is 0. The molecule has 5 heterocycles. The Bertz CT molecular complexity index is 2470. The third-order valence-electron chi connectivity index (χ3n) is 12.4. The van der Waals surface area contributed by atoms with Crippen molar-refractivity contribution in [3.05, 3.63) is 65.9 Å². The molecule has 3 aliphatic rings. The van der Waals surface area contributed by atoms with Crippen molar-refractivity contribution < 1.29 is 33.4 Å². The Morgan fingerprint density at radius 3 is 2.25 bits per heavy atom. The number of nitrogens with zero attached hydrogens (tertiary/aromatic N) is 4. The van der Waals surface area contributed by atoms with Gasteiger partial charge in [0.1, 0.15) is 36.1 Å². The first-order chi connectivity index (χ1) is 28.8. The van der Waals surface area contributed by atoms with Crippen molar-refractivity contribution >= 4 is 45.8 Å². The van der Waals surface area contributed by atoms with Crippen LogP contribution in [0.25, 0.3) is 44.2 Å². The van der Waals surface area contributed by atoms with Crippen LogP contribution in [0.1, 0.15) is 90.1 Å². The number of nitrogens with one attached hydrogen (secondary N) is 4. The van der Waals surface area contributed by atoms with Gasteiger partial charge < -0.3 is 44.6 Å². The minimum Gasteiger partial charge on any atom is -0.488 e. The SMILES string of the molecule is COC(=O)NC(C(=O)N1[C@@H](C)CC[C@H]1c1nc2c(ccc3cc4c(cc32)OCc2cc(-c3cnc(C5C[C@H](C)CN5C(=O)[C@@H](NC(=O)OC)C(C)C)[nH]3)ccc2-4)[nH]1)C(C)C. The lowest BCUT2D eigenvalue weighted by atomic mass is 9.92. The van der Waals surface area contributed by atoms with E-state index < -0.39 is 24.3 Å². The quantitative estimate of drug-likeness (QED) is 0.118. The number of carbonyl (C=O) groups is 4. The molecular formula is C45H54N8O7. The number of hydrogen-bond donors (Lipinski definition) is 4. The van der Waals surface area contributed by atoms with E-state index >= 15 is 0 Å². The number of methoxy groups -OCH3 is 2. The summed E-state index contributed by atoms with van der Waals surface area (Å²) in [4.78, 5) is 72.6. The van der Waals surface area contributed by atoms with Crippen molar-refractivity contribution in [2.45, 2.75) is 97.6 Å². The monoisotopic (exact) mass is 818 g/mol. The number of alkyl carbamates (subject to hydrolysis) is 2. The highest BCUT2D eigenvalue weighted by molar-refractivity contribution is 6.07. The first-order valence-corrected chi connectivity index (χ1v) is 20.9. The number of fused-ring (bicyclic) bond motifs is 6. The third kappa shape index (κ3) is 7.38. The average Bonchev–Trinajstić information content (AvgIpc) is 4.05. The molecule has 5 aromatic rings. The van der Waals surface area contributed by atoms with E-state index in [4.69, 9.17) is 24.2 Å². The molecule has 0 aliphatic carbocycles. The normalized spacial score (nSPS) is 20.8. The maximum Gasteiger partial charge on any atom is 0.407 e. The van der Waals surface area contributed by atoms with Gasteiger partial charge in [-0.3, -0.25) is 9.59 Å². The maximum absolute atomic E-state index is 14.0. The molecule has 0 saturated carbocycles. The van der Waals surface area contributed by atoms with Crippen LogP contribution in [0.5, 0.6) is 5.75 Å². The smallest absolute Gasteiger partial charge is 0.407 e.